The highest BCUT2D eigenvalue weighted by atomic mass is 16.5. The number of ether oxygens (including phenoxy) is 1. The molecule has 19 heavy (non-hydrogen) atoms. The largest absolute Gasteiger partial charge is 0.476 e. The second-order valence-electron chi connectivity index (χ2n) is 4.59. The average Bonchev–Trinajstić information content (AvgIpc) is 2.81. The number of methoxy groups -OCH3 is 1. The third kappa shape index (κ3) is 5.77. The van der Waals surface area contributed by atoms with Crippen LogP contribution in [0.4, 0.5) is 0 Å². The summed E-state index contributed by atoms with van der Waals surface area (Å²) in [6.07, 6.45) is 1.91. The molecular weight excluding hydrogens is 252 g/mol. The van der Waals surface area contributed by atoms with Crippen LogP contribution in [0.15, 0.2) is 6.20 Å². The van der Waals surface area contributed by atoms with Crippen molar-refractivity contribution in [2.24, 2.45) is 0 Å². The average molecular weight is 272 g/mol. The van der Waals surface area contributed by atoms with E-state index in [1.54, 1.807) is 14.0 Å². The highest BCUT2D eigenvalue weighted by Gasteiger charge is 2.19. The first-order valence-electron chi connectivity index (χ1n) is 6.00. The number of nitrogens with one attached hydrogen (secondary N) is 1. The number of nitrogens with zero attached hydrogens (tertiary/aromatic N) is 3. The van der Waals surface area contributed by atoms with Gasteiger partial charge < -0.3 is 20.3 Å². The minimum absolute atomic E-state index is 0.0768. The lowest BCUT2D eigenvalue weighted by Gasteiger charge is -2.23. The van der Waals surface area contributed by atoms with Gasteiger partial charge >= 0.3 is 5.97 Å². The van der Waals surface area contributed by atoms with E-state index < -0.39 is 11.6 Å². The Kier molecular flexibility index (Phi) is 5.87. The van der Waals surface area contributed by atoms with Crippen molar-refractivity contribution in [2.75, 3.05) is 26.8 Å². The molecule has 0 spiro atoms. The molecule has 3 N–H and O–H groups in total. The zero-order valence-corrected chi connectivity index (χ0v) is 11.2. The minimum atomic E-state index is -1.10. The molecule has 0 aliphatic carbocycles. The Morgan fingerprint density at radius 1 is 1.63 bits per heavy atom. The number of aromatic nitrogens is 3. The molecule has 1 heterocycles. The molecule has 0 radical (unpaired) electrons. The van der Waals surface area contributed by atoms with Gasteiger partial charge in [0.25, 0.3) is 0 Å². The number of hydrogen-bond acceptors (Lipinski definition) is 6. The van der Waals surface area contributed by atoms with E-state index in [2.05, 4.69) is 15.6 Å². The number of hydrogen-bond donors (Lipinski definition) is 3. The van der Waals surface area contributed by atoms with E-state index >= 15 is 0 Å². The predicted octanol–water partition coefficient (Wildman–Crippen LogP) is -0.647. The molecule has 8 nitrogen and oxygen atoms in total. The van der Waals surface area contributed by atoms with Crippen molar-refractivity contribution < 1.29 is 19.7 Å². The SMILES string of the molecule is COCCC(C)(O)CNCCn1cc(C(=O)O)nn1. The van der Waals surface area contributed by atoms with E-state index in [1.807, 2.05) is 0 Å². The van der Waals surface area contributed by atoms with Gasteiger partial charge in [-0.3, -0.25) is 4.68 Å². The van der Waals surface area contributed by atoms with E-state index in [9.17, 15) is 9.90 Å². The third-order valence-corrected chi connectivity index (χ3v) is 2.63. The second-order valence-corrected chi connectivity index (χ2v) is 4.59. The molecule has 108 valence electrons. The van der Waals surface area contributed by atoms with Gasteiger partial charge in [-0.2, -0.15) is 0 Å². The summed E-state index contributed by atoms with van der Waals surface area (Å²) in [5.41, 5.74) is -0.906. The van der Waals surface area contributed by atoms with E-state index in [0.29, 0.717) is 32.7 Å². The van der Waals surface area contributed by atoms with Crippen LogP contribution in [0.5, 0.6) is 0 Å². The second kappa shape index (κ2) is 7.17. The fourth-order valence-corrected chi connectivity index (χ4v) is 1.47. The van der Waals surface area contributed by atoms with E-state index in [1.165, 1.54) is 10.9 Å². The molecular formula is C11H20N4O4. The summed E-state index contributed by atoms with van der Waals surface area (Å²) in [5.74, 6) is -1.10. The van der Waals surface area contributed by atoms with Crippen LogP contribution in [0.1, 0.15) is 23.8 Å². The van der Waals surface area contributed by atoms with Crippen LogP contribution in [0.25, 0.3) is 0 Å². The Bertz CT molecular complexity index is 405. The van der Waals surface area contributed by atoms with Crippen molar-refractivity contribution in [1.29, 1.82) is 0 Å². The molecule has 0 amide bonds. The number of aliphatic hydroxyl groups is 1. The maximum atomic E-state index is 10.6. The summed E-state index contributed by atoms with van der Waals surface area (Å²) in [6, 6.07) is 0. The molecule has 1 aromatic rings. The Balaban J connectivity index is 2.24. The lowest BCUT2D eigenvalue weighted by Crippen LogP contribution is -2.39. The maximum absolute atomic E-state index is 10.6. The lowest BCUT2D eigenvalue weighted by molar-refractivity contribution is 0.0249. The topological polar surface area (TPSA) is 110 Å². The summed E-state index contributed by atoms with van der Waals surface area (Å²) in [7, 11) is 1.59. The molecule has 0 bridgehead atoms. The fourth-order valence-electron chi connectivity index (χ4n) is 1.47. The first kappa shape index (κ1) is 15.5. The molecule has 0 aliphatic heterocycles. The van der Waals surface area contributed by atoms with Crippen LogP contribution in [-0.4, -0.2) is 63.6 Å². The Morgan fingerprint density at radius 2 is 2.37 bits per heavy atom. The summed E-state index contributed by atoms with van der Waals surface area (Å²) in [4.78, 5) is 10.6. The number of carbonyl (C=O) groups is 1. The Morgan fingerprint density at radius 3 is 2.95 bits per heavy atom. The Hall–Kier alpha value is -1.51. The highest BCUT2D eigenvalue weighted by molar-refractivity contribution is 5.84. The first-order chi connectivity index (χ1) is 8.94. The van der Waals surface area contributed by atoms with E-state index in [4.69, 9.17) is 9.84 Å². The van der Waals surface area contributed by atoms with E-state index in [-0.39, 0.29) is 5.69 Å². The van der Waals surface area contributed by atoms with Gasteiger partial charge in [-0.1, -0.05) is 5.21 Å². The van der Waals surface area contributed by atoms with Gasteiger partial charge in [0.2, 0.25) is 0 Å². The highest BCUT2D eigenvalue weighted by Crippen LogP contribution is 2.07. The van der Waals surface area contributed by atoms with E-state index in [0.717, 1.165) is 0 Å². The van der Waals surface area contributed by atoms with Crippen molar-refractivity contribution in [3.63, 3.8) is 0 Å². The first-order valence-corrected chi connectivity index (χ1v) is 6.00. The quantitative estimate of drug-likeness (QED) is 0.512. The minimum Gasteiger partial charge on any atom is -0.476 e. The molecule has 1 rings (SSSR count). The van der Waals surface area contributed by atoms with Crippen LogP contribution in [-0.2, 0) is 11.3 Å². The van der Waals surface area contributed by atoms with Crippen molar-refractivity contribution in [1.82, 2.24) is 20.3 Å². The van der Waals surface area contributed by atoms with Crippen molar-refractivity contribution >= 4 is 5.97 Å². The number of rotatable bonds is 9. The van der Waals surface area contributed by atoms with Crippen molar-refractivity contribution in [3.05, 3.63) is 11.9 Å². The van der Waals surface area contributed by atoms with Gasteiger partial charge in [0, 0.05) is 33.2 Å². The lowest BCUT2D eigenvalue weighted by atomic mass is 10.0. The van der Waals surface area contributed by atoms with Gasteiger partial charge in [0.1, 0.15) is 0 Å². The van der Waals surface area contributed by atoms with Crippen LogP contribution in [0.3, 0.4) is 0 Å². The number of carboxylic acids is 1. The standard InChI is InChI=1S/C11H20N4O4/c1-11(18,3-6-19-2)8-12-4-5-15-7-9(10(16)17)13-14-15/h7,12,18H,3-6,8H2,1-2H3,(H,16,17). The summed E-state index contributed by atoms with van der Waals surface area (Å²) in [5, 5.41) is 28.9. The summed E-state index contributed by atoms with van der Waals surface area (Å²) in [6.45, 7) is 3.71. The predicted molar refractivity (Wildman–Crippen MR) is 67.0 cm³/mol. The van der Waals surface area contributed by atoms with Crippen LogP contribution >= 0.6 is 0 Å². The van der Waals surface area contributed by atoms with Crippen molar-refractivity contribution in [3.8, 4) is 0 Å². The van der Waals surface area contributed by atoms with Gasteiger partial charge in [-0.05, 0) is 6.92 Å². The molecule has 0 aromatic carbocycles. The molecule has 0 saturated carbocycles. The smallest absolute Gasteiger partial charge is 0.358 e. The molecule has 8 heteroatoms. The number of carboxylic acid groups (broad SMARTS) is 1. The van der Waals surface area contributed by atoms with Gasteiger partial charge in [-0.25, -0.2) is 4.79 Å². The normalized spacial score (nSPS) is 14.3. The van der Waals surface area contributed by atoms with Crippen molar-refractivity contribution in [2.45, 2.75) is 25.5 Å². The maximum Gasteiger partial charge on any atom is 0.358 e. The molecule has 1 atom stereocenters. The van der Waals surface area contributed by atoms with Gasteiger partial charge in [0.15, 0.2) is 5.69 Å². The Labute approximate surface area is 111 Å². The molecule has 0 aliphatic rings. The number of aromatic carboxylic acids is 1. The summed E-state index contributed by atoms with van der Waals surface area (Å²) < 4.78 is 6.36. The zero-order chi connectivity index (χ0) is 14.3. The fraction of sp³-hybridized carbons (Fsp3) is 0.727. The molecule has 1 unspecified atom stereocenters. The third-order valence-electron chi connectivity index (χ3n) is 2.63. The monoisotopic (exact) mass is 272 g/mol. The molecule has 0 fully saturated rings. The molecule has 1 aromatic heterocycles. The van der Waals surface area contributed by atoms with Gasteiger partial charge in [-0.15, -0.1) is 5.10 Å². The van der Waals surface area contributed by atoms with Crippen LogP contribution < -0.4 is 5.32 Å². The zero-order valence-electron chi connectivity index (χ0n) is 11.2. The molecule has 0 saturated heterocycles. The van der Waals surface area contributed by atoms with Gasteiger partial charge in [0.05, 0.1) is 18.3 Å². The van der Waals surface area contributed by atoms with Crippen LogP contribution in [0.2, 0.25) is 0 Å². The van der Waals surface area contributed by atoms with Crippen LogP contribution in [0, 0.1) is 0 Å². The summed E-state index contributed by atoms with van der Waals surface area (Å²) >= 11 is 0.